The molecule has 0 aliphatic heterocycles. The average molecular weight is 271 g/mol. The summed E-state index contributed by atoms with van der Waals surface area (Å²) >= 11 is 0. The van der Waals surface area contributed by atoms with Gasteiger partial charge in [-0.05, 0) is 37.1 Å². The van der Waals surface area contributed by atoms with E-state index in [-0.39, 0.29) is 5.91 Å². The van der Waals surface area contributed by atoms with Crippen molar-refractivity contribution in [2.75, 3.05) is 18.2 Å². The number of rotatable bonds is 3. The molecule has 0 saturated carbocycles. The molecule has 1 heterocycles. The number of anilines is 2. The molecule has 0 spiro atoms. The Morgan fingerprint density at radius 3 is 2.75 bits per heavy atom. The number of carbonyl (C=O) groups excluding carboxylic acids is 1. The number of aromatic nitrogens is 1. The van der Waals surface area contributed by atoms with E-state index in [9.17, 15) is 4.79 Å². The van der Waals surface area contributed by atoms with Crippen molar-refractivity contribution in [3.63, 3.8) is 0 Å². The molecule has 104 valence electrons. The molecule has 0 bridgehead atoms. The molecule has 20 heavy (non-hydrogen) atoms. The fourth-order valence-electron chi connectivity index (χ4n) is 1.97. The van der Waals surface area contributed by atoms with Crippen LogP contribution in [0, 0.1) is 13.8 Å². The number of amides is 1. The first-order chi connectivity index (χ1) is 9.54. The van der Waals surface area contributed by atoms with Crippen molar-refractivity contribution in [2.24, 2.45) is 0 Å². The number of nitrogens with zero attached hydrogens (tertiary/aromatic N) is 1. The van der Waals surface area contributed by atoms with Crippen LogP contribution in [-0.2, 0) is 0 Å². The molecular formula is C15H17N3O2. The van der Waals surface area contributed by atoms with E-state index >= 15 is 0 Å². The number of hydrogen-bond acceptors (Lipinski definition) is 4. The fraction of sp³-hybridized carbons (Fsp3) is 0.200. The van der Waals surface area contributed by atoms with Gasteiger partial charge in [0.2, 0.25) is 0 Å². The number of nitrogen functional groups attached to an aromatic ring is 1. The van der Waals surface area contributed by atoms with Crippen LogP contribution in [0.3, 0.4) is 0 Å². The van der Waals surface area contributed by atoms with E-state index in [4.69, 9.17) is 10.5 Å². The number of nitrogens with two attached hydrogens (primary N) is 1. The van der Waals surface area contributed by atoms with Gasteiger partial charge in [0.15, 0.2) is 0 Å². The van der Waals surface area contributed by atoms with Crippen LogP contribution in [-0.4, -0.2) is 18.0 Å². The topological polar surface area (TPSA) is 77.2 Å². The zero-order chi connectivity index (χ0) is 14.7. The second-order valence-electron chi connectivity index (χ2n) is 4.50. The molecule has 0 unspecified atom stereocenters. The van der Waals surface area contributed by atoms with Crippen LogP contribution in [0.15, 0.2) is 30.6 Å². The Hall–Kier alpha value is -2.56. The number of nitrogens with one attached hydrogen (secondary N) is 1. The molecule has 0 aliphatic rings. The summed E-state index contributed by atoms with van der Waals surface area (Å²) in [6, 6.07) is 5.32. The van der Waals surface area contributed by atoms with Crippen molar-refractivity contribution < 1.29 is 9.53 Å². The molecule has 0 radical (unpaired) electrons. The number of carbonyl (C=O) groups is 1. The first-order valence-electron chi connectivity index (χ1n) is 6.19. The quantitative estimate of drug-likeness (QED) is 0.841. The third-order valence-corrected chi connectivity index (χ3v) is 3.20. The van der Waals surface area contributed by atoms with Crippen molar-refractivity contribution in [3.8, 4) is 5.75 Å². The molecule has 0 aliphatic carbocycles. The molecular weight excluding hydrogens is 254 g/mol. The SMILES string of the molecule is COc1cnccc1C(=O)Nc1c(C)ccc(N)c1C. The summed E-state index contributed by atoms with van der Waals surface area (Å²) < 4.78 is 5.14. The van der Waals surface area contributed by atoms with Crippen LogP contribution < -0.4 is 15.8 Å². The van der Waals surface area contributed by atoms with Crippen LogP contribution in [0.2, 0.25) is 0 Å². The molecule has 0 saturated heterocycles. The smallest absolute Gasteiger partial charge is 0.259 e. The summed E-state index contributed by atoms with van der Waals surface area (Å²) in [6.07, 6.45) is 3.06. The fourth-order valence-corrected chi connectivity index (χ4v) is 1.97. The molecule has 1 aromatic heterocycles. The minimum Gasteiger partial charge on any atom is -0.494 e. The Morgan fingerprint density at radius 2 is 2.05 bits per heavy atom. The standard InChI is InChI=1S/C15H17N3O2/c1-9-4-5-12(16)10(2)14(9)18-15(19)11-6-7-17-8-13(11)20-3/h4-8H,16H2,1-3H3,(H,18,19). The number of aryl methyl sites for hydroxylation is 1. The normalized spacial score (nSPS) is 10.2. The van der Waals surface area contributed by atoms with E-state index in [2.05, 4.69) is 10.3 Å². The molecule has 0 fully saturated rings. The Balaban J connectivity index is 2.35. The molecule has 5 nitrogen and oxygen atoms in total. The number of methoxy groups -OCH3 is 1. The van der Waals surface area contributed by atoms with Crippen molar-refractivity contribution >= 4 is 17.3 Å². The number of pyridine rings is 1. The first-order valence-corrected chi connectivity index (χ1v) is 6.19. The summed E-state index contributed by atoms with van der Waals surface area (Å²) in [6.45, 7) is 3.80. The van der Waals surface area contributed by atoms with Crippen LogP contribution in [0.5, 0.6) is 5.75 Å². The van der Waals surface area contributed by atoms with Crippen LogP contribution in [0.1, 0.15) is 21.5 Å². The predicted molar refractivity (Wildman–Crippen MR) is 79.1 cm³/mol. The van der Waals surface area contributed by atoms with Crippen molar-refractivity contribution in [1.82, 2.24) is 4.98 Å². The second-order valence-corrected chi connectivity index (χ2v) is 4.50. The van der Waals surface area contributed by atoms with Crippen molar-refractivity contribution in [3.05, 3.63) is 47.3 Å². The van der Waals surface area contributed by atoms with E-state index in [1.165, 1.54) is 13.3 Å². The highest BCUT2D eigenvalue weighted by molar-refractivity contribution is 6.07. The highest BCUT2D eigenvalue weighted by Gasteiger charge is 2.15. The second kappa shape index (κ2) is 5.61. The predicted octanol–water partition coefficient (Wildman–Crippen LogP) is 2.54. The number of hydrogen-bond donors (Lipinski definition) is 2. The molecule has 2 aromatic rings. The highest BCUT2D eigenvalue weighted by atomic mass is 16.5. The number of benzene rings is 1. The van der Waals surface area contributed by atoms with Gasteiger partial charge in [-0.25, -0.2) is 0 Å². The van der Waals surface area contributed by atoms with Gasteiger partial charge < -0.3 is 15.8 Å². The molecule has 1 amide bonds. The number of ether oxygens (including phenoxy) is 1. The van der Waals surface area contributed by atoms with Gasteiger partial charge in [-0.15, -0.1) is 0 Å². The highest BCUT2D eigenvalue weighted by Crippen LogP contribution is 2.26. The largest absolute Gasteiger partial charge is 0.494 e. The Bertz CT molecular complexity index is 654. The van der Waals surface area contributed by atoms with Gasteiger partial charge in [0, 0.05) is 17.6 Å². The summed E-state index contributed by atoms with van der Waals surface area (Å²) in [5.74, 6) is 0.185. The lowest BCUT2D eigenvalue weighted by atomic mass is 10.1. The minimum atomic E-state index is -0.249. The zero-order valence-electron chi connectivity index (χ0n) is 11.7. The van der Waals surface area contributed by atoms with Crippen LogP contribution in [0.4, 0.5) is 11.4 Å². The monoisotopic (exact) mass is 271 g/mol. The Labute approximate surface area is 117 Å². The van der Waals surface area contributed by atoms with E-state index in [1.807, 2.05) is 26.0 Å². The van der Waals surface area contributed by atoms with E-state index in [0.29, 0.717) is 17.0 Å². The van der Waals surface area contributed by atoms with Gasteiger partial charge in [0.1, 0.15) is 5.75 Å². The maximum absolute atomic E-state index is 12.3. The third kappa shape index (κ3) is 2.56. The van der Waals surface area contributed by atoms with Gasteiger partial charge >= 0.3 is 0 Å². The van der Waals surface area contributed by atoms with Gasteiger partial charge in [-0.3, -0.25) is 9.78 Å². The van der Waals surface area contributed by atoms with Crippen molar-refractivity contribution in [2.45, 2.75) is 13.8 Å². The van der Waals surface area contributed by atoms with Gasteiger partial charge in [0.05, 0.1) is 18.9 Å². The summed E-state index contributed by atoms with van der Waals surface area (Å²) in [5.41, 5.74) is 9.49. The van der Waals surface area contributed by atoms with Crippen molar-refractivity contribution in [1.29, 1.82) is 0 Å². The summed E-state index contributed by atoms with van der Waals surface area (Å²) in [7, 11) is 1.50. The summed E-state index contributed by atoms with van der Waals surface area (Å²) in [4.78, 5) is 16.3. The lowest BCUT2D eigenvalue weighted by Gasteiger charge is -2.14. The summed E-state index contributed by atoms with van der Waals surface area (Å²) in [5, 5.41) is 2.88. The molecule has 2 rings (SSSR count). The van der Waals surface area contributed by atoms with E-state index in [0.717, 1.165) is 16.8 Å². The lowest BCUT2D eigenvalue weighted by molar-refractivity contribution is 0.102. The van der Waals surface area contributed by atoms with E-state index in [1.54, 1.807) is 12.3 Å². The lowest BCUT2D eigenvalue weighted by Crippen LogP contribution is -2.15. The molecule has 5 heteroatoms. The minimum absolute atomic E-state index is 0.249. The zero-order valence-corrected chi connectivity index (χ0v) is 11.7. The molecule has 3 N–H and O–H groups in total. The van der Waals surface area contributed by atoms with Gasteiger partial charge in [-0.1, -0.05) is 6.07 Å². The molecule has 0 atom stereocenters. The molecule has 1 aromatic carbocycles. The maximum atomic E-state index is 12.3. The van der Waals surface area contributed by atoms with Gasteiger partial charge in [-0.2, -0.15) is 0 Å². The van der Waals surface area contributed by atoms with Crippen LogP contribution >= 0.6 is 0 Å². The average Bonchev–Trinajstić information content (AvgIpc) is 2.47. The van der Waals surface area contributed by atoms with Gasteiger partial charge in [0.25, 0.3) is 5.91 Å². The van der Waals surface area contributed by atoms with Crippen LogP contribution in [0.25, 0.3) is 0 Å². The third-order valence-electron chi connectivity index (χ3n) is 3.20. The first kappa shape index (κ1) is 13.9. The Kier molecular flexibility index (Phi) is 3.89. The Morgan fingerprint density at radius 1 is 1.30 bits per heavy atom. The van der Waals surface area contributed by atoms with E-state index < -0.39 is 0 Å². The maximum Gasteiger partial charge on any atom is 0.259 e.